The molecule has 1 saturated carbocycles. The van der Waals surface area contributed by atoms with Crippen LogP contribution in [0.1, 0.15) is 37.0 Å². The summed E-state index contributed by atoms with van der Waals surface area (Å²) in [5.41, 5.74) is 5.85. The van der Waals surface area contributed by atoms with Crippen molar-refractivity contribution in [3.63, 3.8) is 0 Å². The summed E-state index contributed by atoms with van der Waals surface area (Å²) in [5.74, 6) is -0.178. The Labute approximate surface area is 226 Å². The van der Waals surface area contributed by atoms with Gasteiger partial charge in [-0.25, -0.2) is 4.79 Å². The molecule has 0 aliphatic heterocycles. The lowest BCUT2D eigenvalue weighted by molar-refractivity contribution is -0.140. The molecule has 1 aromatic heterocycles. The van der Waals surface area contributed by atoms with Crippen LogP contribution >= 0.6 is 0 Å². The Hall–Kier alpha value is -4.84. The van der Waals surface area contributed by atoms with Crippen LogP contribution in [0, 0.1) is 0 Å². The number of carbonyl (C=O) groups excluding carboxylic acids is 1. The third-order valence-corrected chi connectivity index (χ3v) is 7.59. The summed E-state index contributed by atoms with van der Waals surface area (Å²) in [6.45, 7) is 1.85. The first-order valence-corrected chi connectivity index (χ1v) is 13.0. The molecule has 6 rings (SSSR count). The van der Waals surface area contributed by atoms with Gasteiger partial charge in [0.2, 0.25) is 0 Å². The third-order valence-electron chi connectivity index (χ3n) is 7.59. The summed E-state index contributed by atoms with van der Waals surface area (Å²) in [6.07, 6.45) is 0.451. The minimum atomic E-state index is -0.749. The van der Waals surface area contributed by atoms with Gasteiger partial charge in [-0.05, 0) is 53.6 Å². The van der Waals surface area contributed by atoms with Gasteiger partial charge in [-0.3, -0.25) is 10.1 Å². The van der Waals surface area contributed by atoms with E-state index >= 15 is 0 Å². The van der Waals surface area contributed by atoms with E-state index in [1.54, 1.807) is 0 Å². The molecule has 1 fully saturated rings. The highest BCUT2D eigenvalue weighted by Gasteiger charge is 2.51. The van der Waals surface area contributed by atoms with Crippen molar-refractivity contribution in [1.29, 1.82) is 0 Å². The number of carboxylic acids is 1. The molecule has 39 heavy (non-hydrogen) atoms. The van der Waals surface area contributed by atoms with Crippen LogP contribution in [0.4, 0.5) is 10.6 Å². The molecule has 6 heteroatoms. The van der Waals surface area contributed by atoms with E-state index in [1.807, 2.05) is 110 Å². The normalized spacial score (nSPS) is 14.5. The Morgan fingerprint density at radius 3 is 2.05 bits per heavy atom. The third kappa shape index (κ3) is 4.66. The molecule has 0 saturated heterocycles. The number of aliphatic carboxylic acids is 1. The zero-order chi connectivity index (χ0) is 27.0. The van der Waals surface area contributed by atoms with Gasteiger partial charge in [0.15, 0.2) is 0 Å². The Kier molecular flexibility index (Phi) is 6.15. The van der Waals surface area contributed by atoms with Crippen LogP contribution in [-0.2, 0) is 14.9 Å². The second-order valence-corrected chi connectivity index (χ2v) is 10.0. The molecule has 1 atom stereocenters. The minimum Gasteiger partial charge on any atom is -0.481 e. The molecule has 4 aromatic carbocycles. The summed E-state index contributed by atoms with van der Waals surface area (Å²) in [6, 6.07) is 33.5. The van der Waals surface area contributed by atoms with Crippen molar-refractivity contribution in [3.05, 3.63) is 114 Å². The number of benzene rings is 4. The molecule has 194 valence electrons. The van der Waals surface area contributed by atoms with E-state index in [0.717, 1.165) is 44.3 Å². The number of para-hydroxylation sites is 1. The number of aromatic nitrogens is 1. The first kappa shape index (κ1) is 24.5. The number of hydrogen-bond donors (Lipinski definition) is 3. The van der Waals surface area contributed by atoms with Gasteiger partial charge in [0.25, 0.3) is 0 Å². The average molecular weight is 517 g/mol. The SMILES string of the molecule is C[C@@H](OC(=O)Nc1[nH]c2ccccc2c1-c1ccc(-c2ccc(C3(C(=O)O)CC3)cc2)cc1)c1ccccc1. The lowest BCUT2D eigenvalue weighted by Gasteiger charge is -2.14. The number of carboxylic acid groups (broad SMARTS) is 1. The van der Waals surface area contributed by atoms with Gasteiger partial charge >= 0.3 is 12.1 Å². The van der Waals surface area contributed by atoms with Gasteiger partial charge in [-0.15, -0.1) is 0 Å². The zero-order valence-corrected chi connectivity index (χ0v) is 21.5. The van der Waals surface area contributed by atoms with Gasteiger partial charge in [0.1, 0.15) is 11.9 Å². The van der Waals surface area contributed by atoms with Crippen LogP contribution in [0.2, 0.25) is 0 Å². The summed E-state index contributed by atoms with van der Waals surface area (Å²) in [4.78, 5) is 27.8. The van der Waals surface area contributed by atoms with Gasteiger partial charge in [0, 0.05) is 16.5 Å². The van der Waals surface area contributed by atoms with Crippen LogP contribution in [0.5, 0.6) is 0 Å². The van der Waals surface area contributed by atoms with E-state index in [9.17, 15) is 14.7 Å². The molecule has 1 amide bonds. The predicted octanol–water partition coefficient (Wildman–Crippen LogP) is 7.93. The molecule has 6 nitrogen and oxygen atoms in total. The smallest absolute Gasteiger partial charge is 0.413 e. The average Bonchev–Trinajstić information content (AvgIpc) is 3.70. The fraction of sp³-hybridized carbons (Fsp3) is 0.152. The van der Waals surface area contributed by atoms with Crippen molar-refractivity contribution in [1.82, 2.24) is 4.98 Å². The molecule has 1 aliphatic rings. The van der Waals surface area contributed by atoms with Crippen molar-refractivity contribution in [2.24, 2.45) is 0 Å². The summed E-state index contributed by atoms with van der Waals surface area (Å²) >= 11 is 0. The number of nitrogens with one attached hydrogen (secondary N) is 2. The molecule has 1 heterocycles. The second kappa shape index (κ2) is 9.80. The number of H-pyrrole nitrogens is 1. The number of carbonyl (C=O) groups is 2. The number of hydrogen-bond acceptors (Lipinski definition) is 3. The highest BCUT2D eigenvalue weighted by molar-refractivity contribution is 6.05. The number of ether oxygens (including phenoxy) is 1. The van der Waals surface area contributed by atoms with E-state index in [1.165, 1.54) is 0 Å². The van der Waals surface area contributed by atoms with Crippen molar-refractivity contribution in [2.75, 3.05) is 5.32 Å². The number of fused-ring (bicyclic) bond motifs is 1. The molecule has 3 N–H and O–H groups in total. The fourth-order valence-electron chi connectivity index (χ4n) is 5.18. The van der Waals surface area contributed by atoms with Gasteiger partial charge in [-0.1, -0.05) is 97.1 Å². The van der Waals surface area contributed by atoms with Crippen LogP contribution in [0.15, 0.2) is 103 Å². The lowest BCUT2D eigenvalue weighted by atomic mass is 9.93. The van der Waals surface area contributed by atoms with Crippen molar-refractivity contribution >= 4 is 28.8 Å². The quantitative estimate of drug-likeness (QED) is 0.205. The van der Waals surface area contributed by atoms with Crippen LogP contribution in [0.3, 0.4) is 0 Å². The van der Waals surface area contributed by atoms with E-state index in [2.05, 4.69) is 10.3 Å². The number of rotatable bonds is 7. The largest absolute Gasteiger partial charge is 0.481 e. The number of amides is 1. The summed E-state index contributed by atoms with van der Waals surface area (Å²) < 4.78 is 5.65. The highest BCUT2D eigenvalue weighted by Crippen LogP contribution is 2.48. The molecular formula is C33H28N2O4. The Bertz CT molecular complexity index is 1650. The van der Waals surface area contributed by atoms with Crippen molar-refractivity contribution in [2.45, 2.75) is 31.3 Å². The Morgan fingerprint density at radius 2 is 1.41 bits per heavy atom. The molecule has 0 unspecified atom stereocenters. The highest BCUT2D eigenvalue weighted by atomic mass is 16.6. The minimum absolute atomic E-state index is 0.394. The van der Waals surface area contributed by atoms with Crippen LogP contribution in [-0.4, -0.2) is 22.2 Å². The number of aromatic amines is 1. The van der Waals surface area contributed by atoms with Crippen LogP contribution < -0.4 is 5.32 Å². The maximum Gasteiger partial charge on any atom is 0.413 e. The lowest BCUT2D eigenvalue weighted by Crippen LogP contribution is -2.19. The van der Waals surface area contributed by atoms with E-state index < -0.39 is 23.6 Å². The topological polar surface area (TPSA) is 91.4 Å². The van der Waals surface area contributed by atoms with Gasteiger partial charge in [-0.2, -0.15) is 0 Å². The molecule has 0 spiro atoms. The first-order chi connectivity index (χ1) is 18.9. The molecule has 1 aliphatic carbocycles. The van der Waals surface area contributed by atoms with Gasteiger partial charge in [0.05, 0.1) is 5.41 Å². The predicted molar refractivity (Wildman–Crippen MR) is 153 cm³/mol. The van der Waals surface area contributed by atoms with Gasteiger partial charge < -0.3 is 14.8 Å². The maximum absolute atomic E-state index is 12.9. The standard InChI is InChI=1S/C33H28N2O4/c1-21(22-7-3-2-4-8-22)39-32(38)35-30-29(27-9-5-6-10-28(27)34-30)25-13-11-23(12-14-25)24-15-17-26(18-16-24)33(19-20-33)31(36)37/h2-18,21,34H,19-20H2,1H3,(H,35,38)(H,36,37)/t21-/m1/s1. The maximum atomic E-state index is 12.9. The molecule has 5 aromatic rings. The van der Waals surface area contributed by atoms with Crippen LogP contribution in [0.25, 0.3) is 33.2 Å². The zero-order valence-electron chi connectivity index (χ0n) is 21.5. The molecule has 0 radical (unpaired) electrons. The fourth-order valence-corrected chi connectivity index (χ4v) is 5.18. The first-order valence-electron chi connectivity index (χ1n) is 13.0. The summed E-state index contributed by atoms with van der Waals surface area (Å²) in [7, 11) is 0. The van der Waals surface area contributed by atoms with E-state index in [-0.39, 0.29) is 0 Å². The second-order valence-electron chi connectivity index (χ2n) is 10.0. The summed E-state index contributed by atoms with van der Waals surface area (Å²) in [5, 5.41) is 13.5. The molecular weight excluding hydrogens is 488 g/mol. The monoisotopic (exact) mass is 516 g/mol. The van der Waals surface area contributed by atoms with E-state index in [4.69, 9.17) is 4.74 Å². The molecule has 0 bridgehead atoms. The Morgan fingerprint density at radius 1 is 0.821 bits per heavy atom. The van der Waals surface area contributed by atoms with E-state index in [0.29, 0.717) is 18.7 Å². The number of anilines is 1. The van der Waals surface area contributed by atoms with Crippen molar-refractivity contribution in [3.8, 4) is 22.3 Å². The van der Waals surface area contributed by atoms with Crippen molar-refractivity contribution < 1.29 is 19.4 Å². The Balaban J connectivity index is 1.26.